The maximum absolute atomic E-state index is 6.40. The Kier molecular flexibility index (Phi) is 5.16. The molecule has 1 aromatic heterocycles. The van der Waals surface area contributed by atoms with E-state index in [1.54, 1.807) is 7.11 Å². The van der Waals surface area contributed by atoms with Crippen molar-refractivity contribution >= 4 is 0 Å². The van der Waals surface area contributed by atoms with Crippen LogP contribution in [-0.2, 0) is 0 Å². The van der Waals surface area contributed by atoms with Crippen molar-refractivity contribution in [3.05, 3.63) is 23.9 Å². The highest BCUT2D eigenvalue weighted by atomic mass is 16.5. The van der Waals surface area contributed by atoms with Crippen molar-refractivity contribution in [1.82, 2.24) is 9.88 Å². The van der Waals surface area contributed by atoms with Gasteiger partial charge in [0.2, 0.25) is 5.88 Å². The minimum Gasteiger partial charge on any atom is -0.481 e. The van der Waals surface area contributed by atoms with E-state index in [1.807, 2.05) is 12.3 Å². The first-order valence-electron chi connectivity index (χ1n) is 7.25. The van der Waals surface area contributed by atoms with Crippen molar-refractivity contribution in [3.8, 4) is 5.88 Å². The second-order valence-corrected chi connectivity index (χ2v) is 5.27. The number of ether oxygens (including phenoxy) is 1. The number of likely N-dealkylation sites (tertiary alicyclic amines) is 1. The summed E-state index contributed by atoms with van der Waals surface area (Å²) in [7, 11) is 1.64. The molecular weight excluding hydrogens is 238 g/mol. The van der Waals surface area contributed by atoms with Crippen molar-refractivity contribution in [2.24, 2.45) is 5.73 Å². The van der Waals surface area contributed by atoms with E-state index < -0.39 is 0 Å². The number of nitrogens with zero attached hydrogens (tertiary/aromatic N) is 2. The zero-order valence-electron chi connectivity index (χ0n) is 12.0. The monoisotopic (exact) mass is 263 g/mol. The third-order valence-electron chi connectivity index (χ3n) is 3.85. The van der Waals surface area contributed by atoms with Gasteiger partial charge in [-0.15, -0.1) is 0 Å². The fourth-order valence-corrected chi connectivity index (χ4v) is 2.95. The van der Waals surface area contributed by atoms with Crippen molar-refractivity contribution < 1.29 is 4.74 Å². The normalized spacial score (nSPS) is 25.0. The average Bonchev–Trinajstić information content (AvgIpc) is 2.61. The van der Waals surface area contributed by atoms with Crippen LogP contribution in [-0.4, -0.2) is 36.1 Å². The van der Waals surface area contributed by atoms with E-state index in [1.165, 1.54) is 18.4 Å². The molecule has 0 aromatic carbocycles. The number of aromatic nitrogens is 1. The van der Waals surface area contributed by atoms with Crippen molar-refractivity contribution in [2.45, 2.75) is 44.7 Å². The van der Waals surface area contributed by atoms with Gasteiger partial charge in [0.25, 0.3) is 0 Å². The summed E-state index contributed by atoms with van der Waals surface area (Å²) in [5.74, 6) is 0.660. The van der Waals surface area contributed by atoms with Crippen LogP contribution in [0.5, 0.6) is 5.88 Å². The van der Waals surface area contributed by atoms with E-state index in [0.29, 0.717) is 11.9 Å². The lowest BCUT2D eigenvalue weighted by Gasteiger charge is -2.33. The molecule has 0 radical (unpaired) electrons. The smallest absolute Gasteiger partial charge is 0.212 e. The maximum Gasteiger partial charge on any atom is 0.212 e. The van der Waals surface area contributed by atoms with E-state index >= 15 is 0 Å². The van der Waals surface area contributed by atoms with Crippen LogP contribution in [0.4, 0.5) is 0 Å². The van der Waals surface area contributed by atoms with Gasteiger partial charge in [-0.25, -0.2) is 4.98 Å². The van der Waals surface area contributed by atoms with Gasteiger partial charge in [-0.2, -0.15) is 0 Å². The van der Waals surface area contributed by atoms with Gasteiger partial charge in [0.15, 0.2) is 0 Å². The van der Waals surface area contributed by atoms with Crippen LogP contribution in [0, 0.1) is 0 Å². The number of pyridine rings is 1. The Morgan fingerprint density at radius 1 is 1.42 bits per heavy atom. The van der Waals surface area contributed by atoms with Crippen LogP contribution >= 0.6 is 0 Å². The largest absolute Gasteiger partial charge is 0.481 e. The molecule has 2 heterocycles. The quantitative estimate of drug-likeness (QED) is 0.906. The Balaban J connectivity index is 2.23. The molecule has 1 aliphatic rings. The minimum absolute atomic E-state index is 0.198. The number of hydrogen-bond donors (Lipinski definition) is 1. The van der Waals surface area contributed by atoms with Gasteiger partial charge in [0.1, 0.15) is 0 Å². The molecule has 0 amide bonds. The molecule has 1 fully saturated rings. The molecule has 1 aromatic rings. The van der Waals surface area contributed by atoms with E-state index in [2.05, 4.69) is 22.9 Å². The van der Waals surface area contributed by atoms with Crippen LogP contribution in [0.15, 0.2) is 18.3 Å². The first kappa shape index (κ1) is 14.3. The third kappa shape index (κ3) is 3.45. The summed E-state index contributed by atoms with van der Waals surface area (Å²) >= 11 is 0. The first-order chi connectivity index (χ1) is 9.26. The number of hydrogen-bond acceptors (Lipinski definition) is 4. The summed E-state index contributed by atoms with van der Waals surface area (Å²) in [4.78, 5) is 6.84. The van der Waals surface area contributed by atoms with E-state index in [4.69, 9.17) is 10.5 Å². The molecule has 4 nitrogen and oxygen atoms in total. The highest BCUT2D eigenvalue weighted by Crippen LogP contribution is 2.29. The molecule has 2 unspecified atom stereocenters. The lowest BCUT2D eigenvalue weighted by atomic mass is 9.97. The lowest BCUT2D eigenvalue weighted by molar-refractivity contribution is 0.185. The van der Waals surface area contributed by atoms with Crippen LogP contribution in [0.3, 0.4) is 0 Å². The van der Waals surface area contributed by atoms with Crippen molar-refractivity contribution in [3.63, 3.8) is 0 Å². The molecule has 4 heteroatoms. The van der Waals surface area contributed by atoms with E-state index in [-0.39, 0.29) is 6.04 Å². The van der Waals surface area contributed by atoms with Gasteiger partial charge < -0.3 is 10.5 Å². The first-order valence-corrected chi connectivity index (χ1v) is 7.25. The standard InChI is InChI=1S/C15H25N3O/c1-3-9-18-10-5-4-6-13(16)15(18)12-7-8-14(19-2)17-11-12/h7-8,11,13,15H,3-6,9-10,16H2,1-2H3. The molecule has 1 aliphatic heterocycles. The van der Waals surface area contributed by atoms with Gasteiger partial charge in [-0.3, -0.25) is 4.90 Å². The summed E-state index contributed by atoms with van der Waals surface area (Å²) in [5, 5.41) is 0. The highest BCUT2D eigenvalue weighted by molar-refractivity contribution is 5.22. The van der Waals surface area contributed by atoms with Gasteiger partial charge in [0.05, 0.1) is 13.2 Å². The minimum atomic E-state index is 0.198. The maximum atomic E-state index is 6.40. The van der Waals surface area contributed by atoms with Crippen LogP contribution < -0.4 is 10.5 Å². The molecule has 106 valence electrons. The molecule has 2 N–H and O–H groups in total. The molecule has 19 heavy (non-hydrogen) atoms. The molecule has 0 saturated carbocycles. The highest BCUT2D eigenvalue weighted by Gasteiger charge is 2.28. The van der Waals surface area contributed by atoms with Crippen molar-refractivity contribution in [2.75, 3.05) is 20.2 Å². The van der Waals surface area contributed by atoms with Crippen LogP contribution in [0.1, 0.15) is 44.2 Å². The second-order valence-electron chi connectivity index (χ2n) is 5.27. The summed E-state index contributed by atoms with van der Waals surface area (Å²) in [5.41, 5.74) is 7.61. The van der Waals surface area contributed by atoms with Crippen LogP contribution in [0.2, 0.25) is 0 Å². The zero-order chi connectivity index (χ0) is 13.7. The van der Waals surface area contributed by atoms with Gasteiger partial charge in [-0.1, -0.05) is 19.4 Å². The van der Waals surface area contributed by atoms with E-state index in [9.17, 15) is 0 Å². The Morgan fingerprint density at radius 2 is 2.26 bits per heavy atom. The number of nitrogens with two attached hydrogens (primary N) is 1. The Labute approximate surface area is 116 Å². The summed E-state index contributed by atoms with van der Waals surface area (Å²) in [6.07, 6.45) is 6.64. The number of rotatable bonds is 4. The Bertz CT molecular complexity index is 379. The SMILES string of the molecule is CCCN1CCCCC(N)C1c1ccc(OC)nc1. The van der Waals surface area contributed by atoms with Crippen molar-refractivity contribution in [1.29, 1.82) is 0 Å². The van der Waals surface area contributed by atoms with Gasteiger partial charge >= 0.3 is 0 Å². The summed E-state index contributed by atoms with van der Waals surface area (Å²) in [6, 6.07) is 4.52. The average molecular weight is 263 g/mol. The summed E-state index contributed by atoms with van der Waals surface area (Å²) < 4.78 is 5.13. The van der Waals surface area contributed by atoms with Gasteiger partial charge in [-0.05, 0) is 37.9 Å². The fourth-order valence-electron chi connectivity index (χ4n) is 2.95. The molecule has 0 bridgehead atoms. The zero-order valence-corrected chi connectivity index (χ0v) is 12.0. The lowest BCUT2D eigenvalue weighted by Crippen LogP contribution is -2.40. The predicted octanol–water partition coefficient (Wildman–Crippen LogP) is 2.35. The molecule has 2 atom stereocenters. The Morgan fingerprint density at radius 3 is 2.89 bits per heavy atom. The van der Waals surface area contributed by atoms with Gasteiger partial charge in [0, 0.05) is 18.3 Å². The molecule has 2 rings (SSSR count). The van der Waals surface area contributed by atoms with Crippen LogP contribution in [0.25, 0.3) is 0 Å². The molecular formula is C15H25N3O. The molecule has 0 spiro atoms. The summed E-state index contributed by atoms with van der Waals surface area (Å²) in [6.45, 7) is 4.46. The second kappa shape index (κ2) is 6.87. The number of methoxy groups -OCH3 is 1. The van der Waals surface area contributed by atoms with E-state index in [0.717, 1.165) is 25.9 Å². The molecule has 0 aliphatic carbocycles. The fraction of sp³-hybridized carbons (Fsp3) is 0.667. The topological polar surface area (TPSA) is 51.4 Å². The third-order valence-corrected chi connectivity index (χ3v) is 3.85. The molecule has 1 saturated heterocycles. The predicted molar refractivity (Wildman–Crippen MR) is 77.2 cm³/mol. The Hall–Kier alpha value is -1.13.